The molecule has 0 amide bonds. The van der Waals surface area contributed by atoms with E-state index in [0.717, 1.165) is 44.3 Å². The molecule has 4 heteroatoms. The van der Waals surface area contributed by atoms with Crippen molar-refractivity contribution in [3.8, 4) is 6.07 Å². The van der Waals surface area contributed by atoms with Crippen molar-refractivity contribution in [1.29, 1.82) is 5.26 Å². The lowest BCUT2D eigenvalue weighted by Gasteiger charge is -2.39. The Balaban J connectivity index is 1.67. The van der Waals surface area contributed by atoms with Gasteiger partial charge in [0.2, 0.25) is 0 Å². The summed E-state index contributed by atoms with van der Waals surface area (Å²) in [6, 6.07) is 13.4. The molecule has 2 aliphatic rings. The van der Waals surface area contributed by atoms with Gasteiger partial charge in [-0.1, -0.05) is 30.3 Å². The van der Waals surface area contributed by atoms with Gasteiger partial charge in [0.25, 0.3) is 0 Å². The molecule has 1 aromatic carbocycles. The van der Waals surface area contributed by atoms with Gasteiger partial charge in [-0.2, -0.15) is 5.26 Å². The molecule has 1 unspecified atom stereocenters. The van der Waals surface area contributed by atoms with E-state index in [-0.39, 0.29) is 0 Å². The van der Waals surface area contributed by atoms with E-state index >= 15 is 0 Å². The van der Waals surface area contributed by atoms with E-state index in [1.807, 2.05) is 37.4 Å². The maximum absolute atomic E-state index is 9.76. The second kappa shape index (κ2) is 6.15. The van der Waals surface area contributed by atoms with Crippen LogP contribution in [0.4, 0.5) is 0 Å². The fraction of sp³-hybridized carbons (Fsp3) is 0.588. The summed E-state index contributed by atoms with van der Waals surface area (Å²) >= 11 is 0. The van der Waals surface area contributed by atoms with Crippen molar-refractivity contribution >= 4 is 0 Å². The molecule has 2 fully saturated rings. The zero-order valence-electron chi connectivity index (χ0n) is 12.8. The van der Waals surface area contributed by atoms with Crippen LogP contribution in [0, 0.1) is 11.3 Å². The quantitative estimate of drug-likeness (QED) is 0.887. The Morgan fingerprint density at radius 1 is 1.19 bits per heavy atom. The fourth-order valence-corrected chi connectivity index (χ4v) is 3.25. The Hall–Kier alpha value is -1.41. The number of nitriles is 1. The van der Waals surface area contributed by atoms with E-state index in [1.54, 1.807) is 0 Å². The molecule has 0 radical (unpaired) electrons. The van der Waals surface area contributed by atoms with Crippen LogP contribution in [0.1, 0.15) is 18.4 Å². The summed E-state index contributed by atoms with van der Waals surface area (Å²) in [6.07, 6.45) is 2.76. The van der Waals surface area contributed by atoms with Crippen LogP contribution < -0.4 is 5.32 Å². The molecule has 3 rings (SSSR count). The van der Waals surface area contributed by atoms with Crippen molar-refractivity contribution in [2.45, 2.75) is 24.4 Å². The summed E-state index contributed by atoms with van der Waals surface area (Å²) < 4.78 is 0. The third-order valence-corrected chi connectivity index (χ3v) is 4.82. The average Bonchev–Trinajstić information content (AvgIpc) is 3.39. The summed E-state index contributed by atoms with van der Waals surface area (Å²) in [4.78, 5) is 5.03. The second-order valence-corrected chi connectivity index (χ2v) is 6.18. The molecule has 0 aromatic heterocycles. The first kappa shape index (κ1) is 14.5. The van der Waals surface area contributed by atoms with Gasteiger partial charge in [-0.25, -0.2) is 0 Å². The monoisotopic (exact) mass is 284 g/mol. The topological polar surface area (TPSA) is 42.3 Å². The standard InChI is InChI=1S/C17H24N4/c1-19-17(13-18,15-5-3-2-4-6-15)14-20-9-11-21(12-10-20)16-7-8-16/h2-6,16,19H,7-12,14H2,1H3. The minimum atomic E-state index is -0.608. The molecule has 0 spiro atoms. The molecule has 1 aliphatic heterocycles. The lowest BCUT2D eigenvalue weighted by atomic mass is 9.90. The lowest BCUT2D eigenvalue weighted by Crippen LogP contribution is -2.54. The number of likely N-dealkylation sites (N-methyl/N-ethyl adjacent to an activating group) is 1. The van der Waals surface area contributed by atoms with Crippen LogP contribution in [0.3, 0.4) is 0 Å². The van der Waals surface area contributed by atoms with Crippen LogP contribution in [-0.2, 0) is 5.54 Å². The second-order valence-electron chi connectivity index (χ2n) is 6.18. The summed E-state index contributed by atoms with van der Waals surface area (Å²) in [5.74, 6) is 0. The first-order chi connectivity index (χ1) is 10.3. The Morgan fingerprint density at radius 2 is 1.86 bits per heavy atom. The fourth-order valence-electron chi connectivity index (χ4n) is 3.25. The van der Waals surface area contributed by atoms with Crippen molar-refractivity contribution < 1.29 is 0 Å². The minimum absolute atomic E-state index is 0.608. The van der Waals surface area contributed by atoms with Crippen molar-refractivity contribution in [1.82, 2.24) is 15.1 Å². The Kier molecular flexibility index (Phi) is 4.25. The highest BCUT2D eigenvalue weighted by Crippen LogP contribution is 2.28. The van der Waals surface area contributed by atoms with E-state index < -0.39 is 5.54 Å². The molecule has 1 atom stereocenters. The zero-order valence-corrected chi connectivity index (χ0v) is 12.8. The van der Waals surface area contributed by atoms with Crippen molar-refractivity contribution in [2.75, 3.05) is 39.8 Å². The number of piperazine rings is 1. The zero-order chi connectivity index (χ0) is 14.7. The minimum Gasteiger partial charge on any atom is -0.298 e. The number of hydrogen-bond acceptors (Lipinski definition) is 4. The number of nitrogens with zero attached hydrogens (tertiary/aromatic N) is 3. The van der Waals surface area contributed by atoms with E-state index in [1.165, 1.54) is 12.8 Å². The van der Waals surface area contributed by atoms with Gasteiger partial charge in [0, 0.05) is 38.8 Å². The molecule has 4 nitrogen and oxygen atoms in total. The molecule has 1 saturated carbocycles. The molecule has 0 bridgehead atoms. The van der Waals surface area contributed by atoms with Gasteiger partial charge in [0.05, 0.1) is 6.07 Å². The molecule has 1 N–H and O–H groups in total. The SMILES string of the molecule is CNC(C#N)(CN1CCN(C2CC2)CC1)c1ccccc1. The summed E-state index contributed by atoms with van der Waals surface area (Å²) in [5, 5.41) is 13.0. The highest BCUT2D eigenvalue weighted by Gasteiger charge is 2.36. The number of hydrogen-bond donors (Lipinski definition) is 1. The first-order valence-corrected chi connectivity index (χ1v) is 7.89. The van der Waals surface area contributed by atoms with Gasteiger partial charge in [-0.15, -0.1) is 0 Å². The highest BCUT2D eigenvalue weighted by molar-refractivity contribution is 5.32. The molecule has 1 aromatic rings. The van der Waals surface area contributed by atoms with Crippen LogP contribution in [0.15, 0.2) is 30.3 Å². The summed E-state index contributed by atoms with van der Waals surface area (Å²) in [6.45, 7) is 5.17. The molecule has 1 saturated heterocycles. The smallest absolute Gasteiger partial charge is 0.144 e. The Labute approximate surface area is 127 Å². The van der Waals surface area contributed by atoms with E-state index in [9.17, 15) is 5.26 Å². The third kappa shape index (κ3) is 3.11. The largest absolute Gasteiger partial charge is 0.298 e. The van der Waals surface area contributed by atoms with Gasteiger partial charge in [0.15, 0.2) is 0 Å². The van der Waals surface area contributed by atoms with Crippen LogP contribution in [-0.4, -0.2) is 55.6 Å². The highest BCUT2D eigenvalue weighted by atomic mass is 15.3. The van der Waals surface area contributed by atoms with Gasteiger partial charge in [0.1, 0.15) is 5.54 Å². The normalized spacial score (nSPS) is 23.4. The molecular weight excluding hydrogens is 260 g/mol. The number of benzene rings is 1. The van der Waals surface area contributed by atoms with Crippen LogP contribution in [0.25, 0.3) is 0 Å². The molecule has 21 heavy (non-hydrogen) atoms. The van der Waals surface area contributed by atoms with Gasteiger partial charge < -0.3 is 0 Å². The van der Waals surface area contributed by atoms with Crippen LogP contribution >= 0.6 is 0 Å². The van der Waals surface area contributed by atoms with Crippen LogP contribution in [0.2, 0.25) is 0 Å². The molecule has 1 aliphatic carbocycles. The third-order valence-electron chi connectivity index (χ3n) is 4.82. The maximum Gasteiger partial charge on any atom is 0.144 e. The predicted molar refractivity (Wildman–Crippen MR) is 83.8 cm³/mol. The predicted octanol–water partition coefficient (Wildman–Crippen LogP) is 1.40. The summed E-state index contributed by atoms with van der Waals surface area (Å²) in [5.41, 5.74) is 0.447. The molecule has 1 heterocycles. The molecular formula is C17H24N4. The lowest BCUT2D eigenvalue weighted by molar-refractivity contribution is 0.108. The van der Waals surface area contributed by atoms with E-state index in [4.69, 9.17) is 0 Å². The van der Waals surface area contributed by atoms with Gasteiger partial charge in [-0.05, 0) is 25.5 Å². The van der Waals surface area contributed by atoms with Gasteiger partial charge >= 0.3 is 0 Å². The van der Waals surface area contributed by atoms with E-state index in [0.29, 0.717) is 0 Å². The van der Waals surface area contributed by atoms with Gasteiger partial charge in [-0.3, -0.25) is 15.1 Å². The average molecular weight is 284 g/mol. The van der Waals surface area contributed by atoms with E-state index in [2.05, 4.69) is 21.2 Å². The maximum atomic E-state index is 9.76. The van der Waals surface area contributed by atoms with Crippen molar-refractivity contribution in [3.05, 3.63) is 35.9 Å². The van der Waals surface area contributed by atoms with Crippen molar-refractivity contribution in [2.24, 2.45) is 0 Å². The first-order valence-electron chi connectivity index (χ1n) is 7.89. The Bertz CT molecular complexity index is 497. The summed E-state index contributed by atoms with van der Waals surface area (Å²) in [7, 11) is 1.89. The Morgan fingerprint density at radius 3 is 2.38 bits per heavy atom. The number of nitrogens with one attached hydrogen (secondary N) is 1. The van der Waals surface area contributed by atoms with Crippen LogP contribution in [0.5, 0.6) is 0 Å². The number of rotatable bonds is 5. The van der Waals surface area contributed by atoms with Crippen molar-refractivity contribution in [3.63, 3.8) is 0 Å². The molecule has 112 valence electrons.